The topological polar surface area (TPSA) is 21.3 Å². The Balaban J connectivity index is 1.35. The number of rotatable bonds is 0. The Kier molecular flexibility index (Phi) is 4.84. The van der Waals surface area contributed by atoms with Gasteiger partial charge in [0.2, 0.25) is 0 Å². The molecule has 0 aromatic heterocycles. The lowest BCUT2D eigenvalue weighted by Crippen LogP contribution is -2.60. The van der Waals surface area contributed by atoms with E-state index in [1.165, 1.54) is 70.6 Å². The van der Waals surface area contributed by atoms with Crippen molar-refractivity contribution in [2.75, 3.05) is 6.54 Å². The van der Waals surface area contributed by atoms with Crippen LogP contribution >= 0.6 is 0 Å². The summed E-state index contributed by atoms with van der Waals surface area (Å²) in [6, 6.07) is 0. The highest BCUT2D eigenvalue weighted by Gasteiger charge is 2.64. The quantitative estimate of drug-likeness (QED) is 0.591. The van der Waals surface area contributed by atoms with Gasteiger partial charge in [0, 0.05) is 6.54 Å². The van der Waals surface area contributed by atoms with Crippen molar-refractivity contribution < 1.29 is 9.13 Å². The van der Waals surface area contributed by atoms with E-state index in [2.05, 4.69) is 5.32 Å². The van der Waals surface area contributed by atoms with Gasteiger partial charge in [-0.3, -0.25) is 5.32 Å². The summed E-state index contributed by atoms with van der Waals surface area (Å²) < 4.78 is 22.5. The Bertz CT molecular complexity index is 480. The number of nitrogens with one attached hydrogen (secondary N) is 1. The predicted molar refractivity (Wildman–Crippen MR) is 103 cm³/mol. The highest BCUT2D eigenvalue weighted by Crippen LogP contribution is 2.62. The molecule has 0 aromatic rings. The fourth-order valence-electron chi connectivity index (χ4n) is 7.61. The maximum Gasteiger partial charge on any atom is 0.151 e. The lowest BCUT2D eigenvalue weighted by atomic mass is 9.50. The van der Waals surface area contributed by atoms with E-state index in [9.17, 15) is 0 Å². The first-order valence-electron chi connectivity index (χ1n) is 11.8. The maximum atomic E-state index is 15.5. The normalized spacial score (nSPS) is 52.3. The van der Waals surface area contributed by atoms with E-state index in [4.69, 9.17) is 4.74 Å². The third-order valence-electron chi connectivity index (χ3n) is 8.82. The van der Waals surface area contributed by atoms with Gasteiger partial charge < -0.3 is 4.74 Å². The molecule has 2 spiro atoms. The molecule has 3 heteroatoms. The molecule has 5 saturated carbocycles. The van der Waals surface area contributed by atoms with Crippen LogP contribution in [0.1, 0.15) is 96.3 Å². The van der Waals surface area contributed by atoms with Gasteiger partial charge in [-0.05, 0) is 75.0 Å². The number of hydrogen-bond acceptors (Lipinski definition) is 2. The molecular weight excluding hydrogens is 325 g/mol. The van der Waals surface area contributed by atoms with Crippen LogP contribution < -0.4 is 5.32 Å². The fraction of sp³-hybridized carbons (Fsp3) is 1.00. The van der Waals surface area contributed by atoms with Gasteiger partial charge in [-0.1, -0.05) is 44.9 Å². The van der Waals surface area contributed by atoms with Crippen molar-refractivity contribution in [1.82, 2.24) is 5.32 Å². The molecule has 2 atom stereocenters. The summed E-state index contributed by atoms with van der Waals surface area (Å²) in [6.07, 6.45) is 17.5. The highest BCUT2D eigenvalue weighted by molar-refractivity contribution is 5.14. The van der Waals surface area contributed by atoms with E-state index in [0.717, 1.165) is 37.6 Å². The number of halogens is 1. The van der Waals surface area contributed by atoms with Crippen molar-refractivity contribution in [2.24, 2.45) is 23.7 Å². The van der Waals surface area contributed by atoms with Crippen LogP contribution in [0, 0.1) is 23.7 Å². The van der Waals surface area contributed by atoms with Crippen molar-refractivity contribution in [1.29, 1.82) is 0 Å². The molecule has 0 aromatic carbocycles. The van der Waals surface area contributed by atoms with E-state index >= 15 is 4.39 Å². The lowest BCUT2D eigenvalue weighted by Gasteiger charge is -2.59. The Morgan fingerprint density at radius 3 is 1.96 bits per heavy atom. The lowest BCUT2D eigenvalue weighted by molar-refractivity contribution is -0.234. The first kappa shape index (κ1) is 17.9. The van der Waals surface area contributed by atoms with E-state index in [0.29, 0.717) is 18.3 Å². The smallest absolute Gasteiger partial charge is 0.151 e. The van der Waals surface area contributed by atoms with Gasteiger partial charge in [-0.15, -0.1) is 0 Å². The maximum absolute atomic E-state index is 15.5. The van der Waals surface area contributed by atoms with Crippen LogP contribution in [0.15, 0.2) is 0 Å². The standard InChI is InChI=1S/C23H38FNO/c24-21-9-7-5-3-1-2-4-6-8-10-23(21)25-16-22(26-23)19-12-17-11-18(14-19)15-20(22)13-17/h17-21,25H,1-16H2/t17?,18?,19?,20?,21-,22?,23-/m0/s1. The summed E-state index contributed by atoms with van der Waals surface area (Å²) in [5.74, 6) is 3.28. The molecule has 1 heterocycles. The SMILES string of the molecule is F[C@H]1CCCCCCCCCC[C@@]12NCC1(O2)C2CC3CC(C2)CC1C3. The first-order chi connectivity index (χ1) is 12.7. The van der Waals surface area contributed by atoms with Crippen LogP contribution in [-0.4, -0.2) is 24.0 Å². The average Bonchev–Trinajstić information content (AvgIpc) is 3.02. The molecule has 5 aliphatic carbocycles. The number of ether oxygens (including phenoxy) is 1. The molecule has 0 amide bonds. The van der Waals surface area contributed by atoms with E-state index in [-0.39, 0.29) is 5.60 Å². The van der Waals surface area contributed by atoms with Gasteiger partial charge in [-0.2, -0.15) is 0 Å². The van der Waals surface area contributed by atoms with Crippen molar-refractivity contribution in [3.63, 3.8) is 0 Å². The number of hydrogen-bond donors (Lipinski definition) is 1. The predicted octanol–water partition coefficient (Wildman–Crippen LogP) is 5.75. The van der Waals surface area contributed by atoms with Crippen LogP contribution in [0.25, 0.3) is 0 Å². The van der Waals surface area contributed by atoms with Crippen LogP contribution in [0.5, 0.6) is 0 Å². The average molecular weight is 364 g/mol. The summed E-state index contributed by atoms with van der Waals surface area (Å²) >= 11 is 0. The van der Waals surface area contributed by atoms with Gasteiger partial charge in [0.15, 0.2) is 5.72 Å². The fourth-order valence-corrected chi connectivity index (χ4v) is 7.61. The zero-order chi connectivity index (χ0) is 17.6. The molecule has 6 aliphatic rings. The minimum absolute atomic E-state index is 0.0329. The molecule has 6 rings (SSSR count). The summed E-state index contributed by atoms with van der Waals surface area (Å²) in [7, 11) is 0. The molecule has 6 fully saturated rings. The zero-order valence-electron chi connectivity index (χ0n) is 16.5. The summed E-state index contributed by atoms with van der Waals surface area (Å²) in [5, 5.41) is 3.70. The third-order valence-corrected chi connectivity index (χ3v) is 8.82. The van der Waals surface area contributed by atoms with Crippen LogP contribution in [0.2, 0.25) is 0 Å². The minimum atomic E-state index is -0.835. The number of alkyl halides is 1. The second-order valence-electron chi connectivity index (χ2n) is 10.4. The summed E-state index contributed by atoms with van der Waals surface area (Å²) in [4.78, 5) is 0. The molecule has 1 saturated heterocycles. The first-order valence-corrected chi connectivity index (χ1v) is 11.8. The van der Waals surface area contributed by atoms with Crippen molar-refractivity contribution in [3.8, 4) is 0 Å². The molecule has 26 heavy (non-hydrogen) atoms. The molecule has 4 bridgehead atoms. The minimum Gasteiger partial charge on any atom is -0.349 e. The monoisotopic (exact) mass is 363 g/mol. The van der Waals surface area contributed by atoms with Crippen molar-refractivity contribution >= 4 is 0 Å². The molecule has 0 radical (unpaired) electrons. The van der Waals surface area contributed by atoms with Gasteiger partial charge in [0.05, 0.1) is 5.60 Å². The Morgan fingerprint density at radius 1 is 0.731 bits per heavy atom. The van der Waals surface area contributed by atoms with E-state index < -0.39 is 11.9 Å². The molecule has 1 N–H and O–H groups in total. The molecule has 2 nitrogen and oxygen atoms in total. The van der Waals surface area contributed by atoms with Crippen molar-refractivity contribution in [2.45, 2.75) is 114 Å². The summed E-state index contributed by atoms with van der Waals surface area (Å²) in [5.41, 5.74) is -0.705. The van der Waals surface area contributed by atoms with Gasteiger partial charge >= 0.3 is 0 Å². The van der Waals surface area contributed by atoms with Gasteiger partial charge in [0.25, 0.3) is 0 Å². The Labute approximate surface area is 159 Å². The van der Waals surface area contributed by atoms with Crippen molar-refractivity contribution in [3.05, 3.63) is 0 Å². The van der Waals surface area contributed by atoms with E-state index in [1.807, 2.05) is 0 Å². The van der Waals surface area contributed by atoms with Crippen LogP contribution in [0.4, 0.5) is 4.39 Å². The highest BCUT2D eigenvalue weighted by atomic mass is 19.1. The Morgan fingerprint density at radius 2 is 1.31 bits per heavy atom. The molecule has 0 unspecified atom stereocenters. The van der Waals surface area contributed by atoms with E-state index in [1.54, 1.807) is 0 Å². The van der Waals surface area contributed by atoms with Gasteiger partial charge in [-0.25, -0.2) is 4.39 Å². The molecular formula is C23H38FNO. The third kappa shape index (κ3) is 2.96. The van der Waals surface area contributed by atoms with Crippen LogP contribution in [-0.2, 0) is 4.74 Å². The van der Waals surface area contributed by atoms with Gasteiger partial charge in [0.1, 0.15) is 6.17 Å². The van der Waals surface area contributed by atoms with Crippen LogP contribution in [0.3, 0.4) is 0 Å². The Hall–Kier alpha value is -0.150. The largest absolute Gasteiger partial charge is 0.349 e. The molecule has 148 valence electrons. The zero-order valence-corrected chi connectivity index (χ0v) is 16.5. The second kappa shape index (κ2) is 7.03. The second-order valence-corrected chi connectivity index (χ2v) is 10.4. The molecule has 1 aliphatic heterocycles. The summed E-state index contributed by atoms with van der Waals surface area (Å²) in [6.45, 7) is 0.919.